The van der Waals surface area contributed by atoms with Gasteiger partial charge in [-0.25, -0.2) is 12.7 Å². The van der Waals surface area contributed by atoms with Crippen molar-refractivity contribution < 1.29 is 8.42 Å². The Morgan fingerprint density at radius 1 is 1.50 bits per heavy atom. The van der Waals surface area contributed by atoms with E-state index in [0.29, 0.717) is 19.0 Å². The summed E-state index contributed by atoms with van der Waals surface area (Å²) in [4.78, 5) is 4.33. The predicted molar refractivity (Wildman–Crippen MR) is 79.8 cm³/mol. The van der Waals surface area contributed by atoms with Crippen LogP contribution < -0.4 is 5.32 Å². The van der Waals surface area contributed by atoms with Crippen LogP contribution in [0.1, 0.15) is 31.5 Å². The highest BCUT2D eigenvalue weighted by molar-refractivity contribution is 7.88. The van der Waals surface area contributed by atoms with Crippen molar-refractivity contribution in [3.05, 3.63) is 30.1 Å². The van der Waals surface area contributed by atoms with E-state index in [4.69, 9.17) is 0 Å². The van der Waals surface area contributed by atoms with Crippen molar-refractivity contribution in [2.45, 2.75) is 25.8 Å². The summed E-state index contributed by atoms with van der Waals surface area (Å²) in [5.74, 6) is 0.379. The van der Waals surface area contributed by atoms with E-state index in [1.54, 1.807) is 10.5 Å². The third-order valence-electron chi connectivity index (χ3n) is 3.79. The maximum absolute atomic E-state index is 11.6. The molecule has 2 heterocycles. The summed E-state index contributed by atoms with van der Waals surface area (Å²) in [7, 11) is -3.06. The third kappa shape index (κ3) is 4.26. The molecule has 1 aliphatic heterocycles. The molecule has 112 valence electrons. The maximum Gasteiger partial charge on any atom is 0.211 e. The van der Waals surface area contributed by atoms with Gasteiger partial charge in [-0.2, -0.15) is 0 Å². The van der Waals surface area contributed by atoms with Crippen LogP contribution in [0.5, 0.6) is 0 Å². The van der Waals surface area contributed by atoms with Crippen LogP contribution in [0.25, 0.3) is 0 Å². The summed E-state index contributed by atoms with van der Waals surface area (Å²) in [6.07, 6.45) is 5.10. The lowest BCUT2D eigenvalue weighted by atomic mass is 9.99. The molecule has 1 aliphatic rings. The molecular formula is C14H23N3O2S. The van der Waals surface area contributed by atoms with Crippen molar-refractivity contribution in [1.29, 1.82) is 0 Å². The van der Waals surface area contributed by atoms with Crippen LogP contribution in [-0.4, -0.2) is 43.6 Å². The molecule has 0 radical (unpaired) electrons. The lowest BCUT2D eigenvalue weighted by Crippen LogP contribution is -2.42. The van der Waals surface area contributed by atoms with Gasteiger partial charge in [0.05, 0.1) is 11.9 Å². The summed E-state index contributed by atoms with van der Waals surface area (Å²) >= 11 is 0. The number of aromatic nitrogens is 1. The first-order chi connectivity index (χ1) is 9.47. The van der Waals surface area contributed by atoms with Crippen molar-refractivity contribution in [1.82, 2.24) is 14.6 Å². The molecule has 0 saturated carbocycles. The molecule has 1 aromatic heterocycles. The first kappa shape index (κ1) is 15.4. The second-order valence-corrected chi connectivity index (χ2v) is 7.50. The minimum Gasteiger partial charge on any atom is -0.309 e. The van der Waals surface area contributed by atoms with Gasteiger partial charge in [-0.1, -0.05) is 6.07 Å². The molecule has 1 fully saturated rings. The van der Waals surface area contributed by atoms with Gasteiger partial charge in [0.2, 0.25) is 10.0 Å². The molecule has 1 N–H and O–H groups in total. The number of hydrogen-bond donors (Lipinski definition) is 1. The molecule has 1 aromatic rings. The largest absolute Gasteiger partial charge is 0.309 e. The number of hydrogen-bond acceptors (Lipinski definition) is 4. The molecule has 0 aromatic carbocycles. The topological polar surface area (TPSA) is 62.3 Å². The Hall–Kier alpha value is -0.980. The highest BCUT2D eigenvalue weighted by Gasteiger charge is 2.25. The van der Waals surface area contributed by atoms with Gasteiger partial charge in [-0.05, 0) is 44.4 Å². The van der Waals surface area contributed by atoms with Gasteiger partial charge in [0, 0.05) is 25.3 Å². The predicted octanol–water partition coefficient (Wildman–Crippen LogP) is 1.40. The fraction of sp³-hybridized carbons (Fsp3) is 0.643. The molecule has 2 rings (SSSR count). The van der Waals surface area contributed by atoms with E-state index in [1.807, 2.05) is 18.2 Å². The van der Waals surface area contributed by atoms with Gasteiger partial charge in [-0.15, -0.1) is 0 Å². The van der Waals surface area contributed by atoms with E-state index in [-0.39, 0.29) is 6.04 Å². The van der Waals surface area contributed by atoms with E-state index in [0.717, 1.165) is 25.1 Å². The first-order valence-electron chi connectivity index (χ1n) is 7.06. The number of nitrogens with zero attached hydrogens (tertiary/aromatic N) is 2. The van der Waals surface area contributed by atoms with Crippen LogP contribution in [0.4, 0.5) is 0 Å². The second-order valence-electron chi connectivity index (χ2n) is 5.51. The Kier molecular flexibility index (Phi) is 5.12. The molecule has 20 heavy (non-hydrogen) atoms. The van der Waals surface area contributed by atoms with Crippen LogP contribution in [-0.2, 0) is 10.0 Å². The number of rotatable bonds is 5. The van der Waals surface area contributed by atoms with Gasteiger partial charge in [0.25, 0.3) is 0 Å². The zero-order chi connectivity index (χ0) is 14.6. The molecule has 0 spiro atoms. The van der Waals surface area contributed by atoms with Crippen molar-refractivity contribution in [2.75, 3.05) is 25.9 Å². The monoisotopic (exact) mass is 297 g/mol. The molecule has 2 atom stereocenters. The quantitative estimate of drug-likeness (QED) is 0.892. The summed E-state index contributed by atoms with van der Waals surface area (Å²) in [6, 6.07) is 6.07. The second kappa shape index (κ2) is 6.65. The summed E-state index contributed by atoms with van der Waals surface area (Å²) < 4.78 is 24.8. The van der Waals surface area contributed by atoms with E-state index >= 15 is 0 Å². The molecule has 0 bridgehead atoms. The van der Waals surface area contributed by atoms with Gasteiger partial charge >= 0.3 is 0 Å². The van der Waals surface area contributed by atoms with E-state index in [1.165, 1.54) is 6.26 Å². The van der Waals surface area contributed by atoms with E-state index in [2.05, 4.69) is 17.2 Å². The summed E-state index contributed by atoms with van der Waals surface area (Å²) in [6.45, 7) is 4.19. The van der Waals surface area contributed by atoms with Gasteiger partial charge < -0.3 is 5.32 Å². The third-order valence-corrected chi connectivity index (χ3v) is 5.06. The van der Waals surface area contributed by atoms with Gasteiger partial charge in [0.1, 0.15) is 0 Å². The highest BCUT2D eigenvalue weighted by atomic mass is 32.2. The van der Waals surface area contributed by atoms with Gasteiger partial charge in [-0.3, -0.25) is 4.98 Å². The minimum absolute atomic E-state index is 0.185. The molecule has 0 amide bonds. The number of piperidine rings is 1. The Labute approximate surface area is 121 Å². The molecule has 5 nitrogen and oxygen atoms in total. The van der Waals surface area contributed by atoms with Gasteiger partial charge in [0.15, 0.2) is 0 Å². The average Bonchev–Trinajstić information content (AvgIpc) is 2.45. The van der Waals surface area contributed by atoms with Crippen molar-refractivity contribution in [3.8, 4) is 0 Å². The van der Waals surface area contributed by atoms with Crippen LogP contribution in [0.2, 0.25) is 0 Å². The van der Waals surface area contributed by atoms with Crippen molar-refractivity contribution >= 4 is 10.0 Å². The Morgan fingerprint density at radius 3 is 2.95 bits per heavy atom. The zero-order valence-electron chi connectivity index (χ0n) is 12.1. The minimum atomic E-state index is -3.06. The average molecular weight is 297 g/mol. The maximum atomic E-state index is 11.6. The standard InChI is InChI=1S/C14H23N3O2S/c1-12(14-7-3-4-8-15-14)16-10-13-6-5-9-17(11-13)20(2,18)19/h3-4,7-8,12-13,16H,5-6,9-11H2,1-2H3/t12-,13?/m0/s1. The fourth-order valence-electron chi connectivity index (χ4n) is 2.57. The Morgan fingerprint density at radius 2 is 2.30 bits per heavy atom. The molecule has 0 aliphatic carbocycles. The van der Waals surface area contributed by atoms with Crippen LogP contribution in [0.15, 0.2) is 24.4 Å². The zero-order valence-corrected chi connectivity index (χ0v) is 12.9. The lowest BCUT2D eigenvalue weighted by Gasteiger charge is -2.31. The first-order valence-corrected chi connectivity index (χ1v) is 8.91. The number of pyridine rings is 1. The SMILES string of the molecule is C[C@H](NCC1CCCN(S(C)(=O)=O)C1)c1ccccn1. The van der Waals surface area contributed by atoms with Crippen LogP contribution in [0, 0.1) is 5.92 Å². The summed E-state index contributed by atoms with van der Waals surface area (Å²) in [5, 5.41) is 3.46. The molecule has 1 saturated heterocycles. The normalized spacial score (nSPS) is 22.6. The van der Waals surface area contributed by atoms with Crippen LogP contribution >= 0.6 is 0 Å². The Balaban J connectivity index is 1.85. The van der Waals surface area contributed by atoms with Crippen molar-refractivity contribution in [2.24, 2.45) is 5.92 Å². The molecule has 1 unspecified atom stereocenters. The highest BCUT2D eigenvalue weighted by Crippen LogP contribution is 2.19. The molecular weight excluding hydrogens is 274 g/mol. The fourth-order valence-corrected chi connectivity index (χ4v) is 3.52. The van der Waals surface area contributed by atoms with E-state index < -0.39 is 10.0 Å². The van der Waals surface area contributed by atoms with Crippen molar-refractivity contribution in [3.63, 3.8) is 0 Å². The molecule has 6 heteroatoms. The van der Waals surface area contributed by atoms with Crippen LogP contribution in [0.3, 0.4) is 0 Å². The summed E-state index contributed by atoms with van der Waals surface area (Å²) in [5.41, 5.74) is 1.02. The lowest BCUT2D eigenvalue weighted by molar-refractivity contribution is 0.256. The smallest absolute Gasteiger partial charge is 0.211 e. The Bertz CT molecular complexity index is 518. The number of sulfonamides is 1. The number of nitrogens with one attached hydrogen (secondary N) is 1. The van der Waals surface area contributed by atoms with E-state index in [9.17, 15) is 8.42 Å².